The third kappa shape index (κ3) is 4.26. The molecule has 2 aromatic rings. The van der Waals surface area contributed by atoms with Gasteiger partial charge in [-0.15, -0.1) is 0 Å². The first kappa shape index (κ1) is 17.8. The van der Waals surface area contributed by atoms with E-state index in [2.05, 4.69) is 17.2 Å². The molecule has 0 saturated heterocycles. The lowest BCUT2D eigenvalue weighted by Gasteiger charge is -2.15. The van der Waals surface area contributed by atoms with E-state index in [0.717, 1.165) is 0 Å². The van der Waals surface area contributed by atoms with Crippen molar-refractivity contribution in [3.05, 3.63) is 72.7 Å². The predicted molar refractivity (Wildman–Crippen MR) is 99.4 cm³/mol. The summed E-state index contributed by atoms with van der Waals surface area (Å²) in [6.07, 6.45) is 4.66. The quantitative estimate of drug-likeness (QED) is 0.200. The number of anilines is 3. The zero-order valence-corrected chi connectivity index (χ0v) is 13.7. The van der Waals surface area contributed by atoms with Gasteiger partial charge in [0.1, 0.15) is 17.3 Å². The number of aromatic hydroxyl groups is 3. The molecule has 130 valence electrons. The number of hydrogen-bond acceptors (Lipinski definition) is 6. The molecule has 0 saturated carbocycles. The van der Waals surface area contributed by atoms with Crippen LogP contribution >= 0.6 is 0 Å². The molecule has 6 N–H and O–H groups in total. The molecule has 2 rings (SSSR count). The first-order valence-electron chi connectivity index (χ1n) is 7.52. The van der Waals surface area contributed by atoms with Gasteiger partial charge in [0.05, 0.1) is 22.8 Å². The van der Waals surface area contributed by atoms with Crippen LogP contribution in [0.25, 0.3) is 0 Å². The summed E-state index contributed by atoms with van der Waals surface area (Å²) in [5, 5.41) is 45.3. The Labute approximate surface area is 145 Å². The molecule has 0 unspecified atom stereocenters. The summed E-state index contributed by atoms with van der Waals surface area (Å²) in [5.74, 6) is -0.388. The Hall–Kier alpha value is -3.54. The van der Waals surface area contributed by atoms with Crippen LogP contribution in [0.5, 0.6) is 17.2 Å². The minimum Gasteiger partial charge on any atom is -0.508 e. The van der Waals surface area contributed by atoms with E-state index >= 15 is 0 Å². The second-order valence-corrected chi connectivity index (χ2v) is 5.16. The van der Waals surface area contributed by atoms with E-state index in [1.807, 2.05) is 0 Å². The van der Waals surface area contributed by atoms with Crippen molar-refractivity contribution >= 4 is 17.1 Å². The molecule has 0 spiro atoms. The van der Waals surface area contributed by atoms with Crippen molar-refractivity contribution < 1.29 is 20.4 Å². The van der Waals surface area contributed by atoms with E-state index in [1.54, 1.807) is 37.3 Å². The summed E-state index contributed by atoms with van der Waals surface area (Å²) in [4.78, 5) is 0. The maximum atomic E-state index is 10.5. The van der Waals surface area contributed by atoms with Gasteiger partial charge < -0.3 is 31.1 Å². The number of phenols is 3. The molecule has 0 aliphatic carbocycles. The third-order valence-corrected chi connectivity index (χ3v) is 3.36. The maximum Gasteiger partial charge on any atom is 0.162 e. The number of para-hydroxylation sites is 1. The van der Waals surface area contributed by atoms with Crippen LogP contribution in [0.4, 0.5) is 17.1 Å². The monoisotopic (exact) mass is 340 g/mol. The summed E-state index contributed by atoms with van der Waals surface area (Å²) >= 11 is 0. The number of aliphatic hydroxyl groups is 1. The SMILES string of the molecule is C=C/C(O)=C(\C=C/C)Nc1cccc(Nc2ccc(O)cc2O)c1O. The molecule has 2 aromatic carbocycles. The first-order valence-corrected chi connectivity index (χ1v) is 7.52. The second kappa shape index (κ2) is 7.83. The Balaban J connectivity index is 2.35. The fourth-order valence-corrected chi connectivity index (χ4v) is 2.13. The fourth-order valence-electron chi connectivity index (χ4n) is 2.13. The Kier molecular flexibility index (Phi) is 5.58. The van der Waals surface area contributed by atoms with E-state index in [4.69, 9.17) is 0 Å². The van der Waals surface area contributed by atoms with Gasteiger partial charge in [-0.1, -0.05) is 18.7 Å². The highest BCUT2D eigenvalue weighted by atomic mass is 16.3. The second-order valence-electron chi connectivity index (χ2n) is 5.16. The topological polar surface area (TPSA) is 105 Å². The Bertz CT molecular complexity index is 841. The van der Waals surface area contributed by atoms with Crippen LogP contribution in [0.3, 0.4) is 0 Å². The molecule has 0 aliphatic heterocycles. The van der Waals surface area contributed by atoms with Gasteiger partial charge in [-0.05, 0) is 43.3 Å². The van der Waals surface area contributed by atoms with Gasteiger partial charge in [0, 0.05) is 6.07 Å². The molecule has 0 radical (unpaired) electrons. The van der Waals surface area contributed by atoms with Crippen LogP contribution in [-0.2, 0) is 0 Å². The average Bonchev–Trinajstić information content (AvgIpc) is 2.59. The van der Waals surface area contributed by atoms with Gasteiger partial charge in [0.25, 0.3) is 0 Å². The largest absolute Gasteiger partial charge is 0.508 e. The van der Waals surface area contributed by atoms with E-state index in [9.17, 15) is 20.4 Å². The molecule has 6 nitrogen and oxygen atoms in total. The highest BCUT2D eigenvalue weighted by Crippen LogP contribution is 2.37. The smallest absolute Gasteiger partial charge is 0.162 e. The van der Waals surface area contributed by atoms with E-state index in [-0.39, 0.29) is 23.0 Å². The number of benzene rings is 2. The van der Waals surface area contributed by atoms with Crippen LogP contribution < -0.4 is 10.6 Å². The fraction of sp³-hybridized carbons (Fsp3) is 0.0526. The first-order chi connectivity index (χ1) is 12.0. The molecule has 0 bridgehead atoms. The van der Waals surface area contributed by atoms with Gasteiger partial charge in [-0.3, -0.25) is 0 Å². The normalized spacial score (nSPS) is 11.9. The molecule has 0 fully saturated rings. The molecular formula is C19H20N2O4. The summed E-state index contributed by atoms with van der Waals surface area (Å²) in [6.45, 7) is 5.31. The molecule has 0 aliphatic rings. The molecule has 0 amide bonds. The summed E-state index contributed by atoms with van der Waals surface area (Å²) in [5.41, 5.74) is 1.38. The predicted octanol–water partition coefficient (Wildman–Crippen LogP) is 4.49. The lowest BCUT2D eigenvalue weighted by atomic mass is 10.2. The van der Waals surface area contributed by atoms with Crippen LogP contribution in [0.15, 0.2) is 72.7 Å². The van der Waals surface area contributed by atoms with Gasteiger partial charge >= 0.3 is 0 Å². The lowest BCUT2D eigenvalue weighted by Crippen LogP contribution is -2.02. The molecule has 0 atom stereocenters. The van der Waals surface area contributed by atoms with Crippen molar-refractivity contribution in [2.45, 2.75) is 6.92 Å². The van der Waals surface area contributed by atoms with Crippen molar-refractivity contribution in [2.75, 3.05) is 10.6 Å². The number of aliphatic hydroxyl groups excluding tert-OH is 1. The van der Waals surface area contributed by atoms with Gasteiger partial charge in [-0.2, -0.15) is 0 Å². The summed E-state index contributed by atoms with van der Waals surface area (Å²) in [7, 11) is 0. The van der Waals surface area contributed by atoms with Gasteiger partial charge in [-0.25, -0.2) is 0 Å². The van der Waals surface area contributed by atoms with Crippen molar-refractivity contribution in [3.63, 3.8) is 0 Å². The van der Waals surface area contributed by atoms with Gasteiger partial charge in [0.2, 0.25) is 0 Å². The number of allylic oxidation sites excluding steroid dienone is 3. The lowest BCUT2D eigenvalue weighted by molar-refractivity contribution is 0.428. The minimum atomic E-state index is -0.156. The van der Waals surface area contributed by atoms with E-state index < -0.39 is 0 Å². The molecule has 6 heteroatoms. The van der Waals surface area contributed by atoms with Crippen molar-refractivity contribution in [1.82, 2.24) is 0 Å². The average molecular weight is 340 g/mol. The van der Waals surface area contributed by atoms with Crippen LogP contribution in [0.2, 0.25) is 0 Å². The molecule has 25 heavy (non-hydrogen) atoms. The zero-order valence-electron chi connectivity index (χ0n) is 13.7. The summed E-state index contributed by atoms with van der Waals surface area (Å²) in [6, 6.07) is 9.04. The zero-order chi connectivity index (χ0) is 18.4. The Morgan fingerprint density at radius 1 is 1.04 bits per heavy atom. The Morgan fingerprint density at radius 2 is 1.76 bits per heavy atom. The van der Waals surface area contributed by atoms with Crippen molar-refractivity contribution in [2.24, 2.45) is 0 Å². The van der Waals surface area contributed by atoms with Crippen molar-refractivity contribution in [1.29, 1.82) is 0 Å². The van der Waals surface area contributed by atoms with Crippen LogP contribution in [0.1, 0.15) is 6.92 Å². The number of nitrogens with one attached hydrogen (secondary N) is 2. The Morgan fingerprint density at radius 3 is 2.40 bits per heavy atom. The minimum absolute atomic E-state index is 0.0629. The summed E-state index contributed by atoms with van der Waals surface area (Å²) < 4.78 is 0. The highest BCUT2D eigenvalue weighted by Gasteiger charge is 2.11. The number of phenolic OH excluding ortho intramolecular Hbond substituents is 3. The third-order valence-electron chi connectivity index (χ3n) is 3.36. The van der Waals surface area contributed by atoms with E-state index in [0.29, 0.717) is 22.8 Å². The van der Waals surface area contributed by atoms with E-state index in [1.165, 1.54) is 24.3 Å². The van der Waals surface area contributed by atoms with Crippen LogP contribution in [0, 0.1) is 0 Å². The number of hydrogen-bond donors (Lipinski definition) is 6. The molecule has 0 heterocycles. The standard InChI is InChI=1S/C19H20N2O4/c1-3-6-13(17(23)4-2)20-15-7-5-8-16(19(15)25)21-14-10-9-12(22)11-18(14)24/h3-11,20-25H,2H2,1H3/b6-3-,17-13-. The van der Waals surface area contributed by atoms with Crippen LogP contribution in [-0.4, -0.2) is 20.4 Å². The van der Waals surface area contributed by atoms with Gasteiger partial charge in [0.15, 0.2) is 5.75 Å². The molecular weight excluding hydrogens is 320 g/mol. The highest BCUT2D eigenvalue weighted by molar-refractivity contribution is 5.78. The number of rotatable bonds is 6. The molecule has 0 aromatic heterocycles. The van der Waals surface area contributed by atoms with Crippen molar-refractivity contribution in [3.8, 4) is 17.2 Å². The maximum absolute atomic E-state index is 10.5.